The Labute approximate surface area is 157 Å². The lowest BCUT2D eigenvalue weighted by Crippen LogP contribution is -2.20. The first-order valence-electron chi connectivity index (χ1n) is 8.24. The summed E-state index contributed by atoms with van der Waals surface area (Å²) < 4.78 is 34.8. The van der Waals surface area contributed by atoms with Crippen LogP contribution in [0.1, 0.15) is 11.1 Å². The molecule has 1 N–H and O–H groups in total. The smallest absolute Gasteiger partial charge is 0.387 e. The Hall–Kier alpha value is -3.09. The first kappa shape index (κ1) is 20.2. The number of nitrogens with one attached hydrogen (secondary N) is 1. The van der Waals surface area contributed by atoms with Gasteiger partial charge in [0.15, 0.2) is 11.5 Å². The van der Waals surface area contributed by atoms with Crippen molar-refractivity contribution in [1.82, 2.24) is 5.32 Å². The van der Waals surface area contributed by atoms with Crippen LogP contribution in [0, 0.1) is 0 Å². The third-order valence-corrected chi connectivity index (χ3v) is 3.77. The molecule has 2 aromatic carbocycles. The maximum absolute atomic E-state index is 12.6. The number of nitrogens with zero attached hydrogens (tertiary/aromatic N) is 1. The van der Waals surface area contributed by atoms with Crippen molar-refractivity contribution >= 4 is 17.7 Å². The number of hydrogen-bond donors (Lipinski definition) is 1. The average molecular weight is 376 g/mol. The fourth-order valence-corrected chi connectivity index (χ4v) is 2.37. The van der Waals surface area contributed by atoms with E-state index in [1.54, 1.807) is 12.1 Å². The van der Waals surface area contributed by atoms with Crippen LogP contribution < -0.4 is 19.7 Å². The van der Waals surface area contributed by atoms with Gasteiger partial charge in [-0.1, -0.05) is 24.3 Å². The maximum Gasteiger partial charge on any atom is 0.387 e. The number of para-hydroxylation sites is 1. The molecule has 27 heavy (non-hydrogen) atoms. The van der Waals surface area contributed by atoms with Gasteiger partial charge < -0.3 is 19.7 Å². The molecule has 5 nitrogen and oxygen atoms in total. The summed E-state index contributed by atoms with van der Waals surface area (Å²) in [5.74, 6) is -0.297. The molecule has 0 bridgehead atoms. The van der Waals surface area contributed by atoms with E-state index >= 15 is 0 Å². The monoisotopic (exact) mass is 376 g/mol. The number of alkyl halides is 2. The number of rotatable bonds is 8. The molecule has 0 heterocycles. The van der Waals surface area contributed by atoms with E-state index in [-0.39, 0.29) is 17.4 Å². The number of methoxy groups -OCH3 is 1. The fourth-order valence-electron chi connectivity index (χ4n) is 2.37. The van der Waals surface area contributed by atoms with Crippen molar-refractivity contribution in [2.45, 2.75) is 13.2 Å². The highest BCUT2D eigenvalue weighted by molar-refractivity contribution is 5.92. The molecule has 144 valence electrons. The van der Waals surface area contributed by atoms with Crippen molar-refractivity contribution in [3.05, 3.63) is 59.7 Å². The van der Waals surface area contributed by atoms with Gasteiger partial charge in [-0.05, 0) is 29.8 Å². The number of carbonyl (C=O) groups is 1. The van der Waals surface area contributed by atoms with E-state index in [0.717, 1.165) is 11.3 Å². The largest absolute Gasteiger partial charge is 0.493 e. The molecule has 0 unspecified atom stereocenters. The third-order valence-electron chi connectivity index (χ3n) is 3.77. The van der Waals surface area contributed by atoms with E-state index in [0.29, 0.717) is 12.1 Å². The van der Waals surface area contributed by atoms with Gasteiger partial charge in [-0.25, -0.2) is 0 Å². The minimum absolute atomic E-state index is 0.113. The minimum atomic E-state index is -2.99. The van der Waals surface area contributed by atoms with E-state index in [1.807, 2.05) is 43.3 Å². The van der Waals surface area contributed by atoms with Gasteiger partial charge in [0.05, 0.1) is 7.11 Å². The van der Waals surface area contributed by atoms with Crippen LogP contribution in [0.25, 0.3) is 6.08 Å². The molecular formula is C20H22F2N2O3. The van der Waals surface area contributed by atoms with Crippen LogP contribution in [-0.4, -0.2) is 33.7 Å². The molecule has 2 aromatic rings. The number of ether oxygens (including phenoxy) is 2. The zero-order chi connectivity index (χ0) is 19.8. The van der Waals surface area contributed by atoms with Crippen LogP contribution in [0.4, 0.5) is 14.5 Å². The van der Waals surface area contributed by atoms with Crippen molar-refractivity contribution < 1.29 is 23.0 Å². The van der Waals surface area contributed by atoms with E-state index in [2.05, 4.69) is 10.1 Å². The highest BCUT2D eigenvalue weighted by atomic mass is 19.3. The van der Waals surface area contributed by atoms with Crippen LogP contribution in [0.2, 0.25) is 0 Å². The molecule has 0 spiro atoms. The maximum atomic E-state index is 12.6. The van der Waals surface area contributed by atoms with Gasteiger partial charge in [0.1, 0.15) is 0 Å². The Morgan fingerprint density at radius 1 is 1.19 bits per heavy atom. The van der Waals surface area contributed by atoms with Crippen LogP contribution in [0.5, 0.6) is 11.5 Å². The van der Waals surface area contributed by atoms with Crippen molar-refractivity contribution in [2.24, 2.45) is 0 Å². The summed E-state index contributed by atoms with van der Waals surface area (Å²) in [6.07, 6.45) is 2.67. The summed E-state index contributed by atoms with van der Waals surface area (Å²) in [5.41, 5.74) is 2.33. The standard InChI is InChI=1S/C20H22F2N2O3/c1-24(2)16-10-7-14(8-11-16)13-23-18(25)12-9-15-5-4-6-17(26-3)19(15)27-20(21)22/h4-12,20H,13H2,1-3H3,(H,23,25)/b12-9+. The fraction of sp³-hybridized carbons (Fsp3) is 0.250. The number of carbonyl (C=O) groups excluding carboxylic acids is 1. The van der Waals surface area contributed by atoms with Crippen LogP contribution in [0.15, 0.2) is 48.5 Å². The van der Waals surface area contributed by atoms with Crippen molar-refractivity contribution in [1.29, 1.82) is 0 Å². The second-order valence-electron chi connectivity index (χ2n) is 5.87. The zero-order valence-corrected chi connectivity index (χ0v) is 15.4. The van der Waals surface area contributed by atoms with Gasteiger partial charge >= 0.3 is 6.61 Å². The highest BCUT2D eigenvalue weighted by Gasteiger charge is 2.14. The van der Waals surface area contributed by atoms with Crippen LogP contribution >= 0.6 is 0 Å². The van der Waals surface area contributed by atoms with E-state index in [1.165, 1.54) is 25.3 Å². The summed E-state index contributed by atoms with van der Waals surface area (Å²) in [4.78, 5) is 14.0. The van der Waals surface area contributed by atoms with Gasteiger partial charge in [0.25, 0.3) is 0 Å². The molecular weight excluding hydrogens is 354 g/mol. The Balaban J connectivity index is 2.02. The Morgan fingerprint density at radius 3 is 2.48 bits per heavy atom. The average Bonchev–Trinajstić information content (AvgIpc) is 2.65. The lowest BCUT2D eigenvalue weighted by molar-refractivity contribution is -0.116. The molecule has 0 aromatic heterocycles. The van der Waals surface area contributed by atoms with E-state index in [4.69, 9.17) is 4.74 Å². The van der Waals surface area contributed by atoms with E-state index in [9.17, 15) is 13.6 Å². The Bertz CT molecular complexity index is 790. The second kappa shape index (κ2) is 9.56. The normalized spacial score (nSPS) is 10.9. The lowest BCUT2D eigenvalue weighted by atomic mass is 10.1. The number of anilines is 1. The Morgan fingerprint density at radius 2 is 1.89 bits per heavy atom. The van der Waals surface area contributed by atoms with E-state index < -0.39 is 6.61 Å². The molecule has 0 saturated carbocycles. The molecule has 0 fully saturated rings. The van der Waals surface area contributed by atoms with Gasteiger partial charge in [-0.3, -0.25) is 4.79 Å². The van der Waals surface area contributed by atoms with Gasteiger partial charge in [-0.2, -0.15) is 8.78 Å². The molecule has 0 aliphatic heterocycles. The molecule has 0 radical (unpaired) electrons. The summed E-state index contributed by atoms with van der Waals surface area (Å²) in [7, 11) is 5.26. The van der Waals surface area contributed by atoms with Gasteiger partial charge in [0.2, 0.25) is 5.91 Å². The number of halogens is 2. The molecule has 0 aliphatic carbocycles. The minimum Gasteiger partial charge on any atom is -0.493 e. The topological polar surface area (TPSA) is 50.8 Å². The van der Waals surface area contributed by atoms with Gasteiger partial charge in [0, 0.05) is 38.0 Å². The van der Waals surface area contributed by atoms with Crippen LogP contribution in [0.3, 0.4) is 0 Å². The summed E-state index contributed by atoms with van der Waals surface area (Å²) in [5, 5.41) is 2.75. The molecule has 7 heteroatoms. The zero-order valence-electron chi connectivity index (χ0n) is 15.4. The Kier molecular flexibility index (Phi) is 7.16. The number of hydrogen-bond acceptors (Lipinski definition) is 4. The summed E-state index contributed by atoms with van der Waals surface area (Å²) >= 11 is 0. The first-order valence-corrected chi connectivity index (χ1v) is 8.24. The lowest BCUT2D eigenvalue weighted by Gasteiger charge is -2.13. The molecule has 0 atom stereocenters. The molecule has 0 saturated heterocycles. The third kappa shape index (κ3) is 5.99. The quantitative estimate of drug-likeness (QED) is 0.714. The van der Waals surface area contributed by atoms with Crippen molar-refractivity contribution in [2.75, 3.05) is 26.1 Å². The van der Waals surface area contributed by atoms with Crippen molar-refractivity contribution in [3.63, 3.8) is 0 Å². The second-order valence-corrected chi connectivity index (χ2v) is 5.87. The summed E-state index contributed by atoms with van der Waals surface area (Å²) in [6, 6.07) is 12.5. The SMILES string of the molecule is COc1cccc(/C=C/C(=O)NCc2ccc(N(C)C)cc2)c1OC(F)F. The number of amides is 1. The highest BCUT2D eigenvalue weighted by Crippen LogP contribution is 2.33. The summed E-state index contributed by atoms with van der Waals surface area (Å²) in [6.45, 7) is -2.64. The predicted molar refractivity (Wildman–Crippen MR) is 101 cm³/mol. The molecule has 1 amide bonds. The predicted octanol–water partition coefficient (Wildman–Crippen LogP) is 3.69. The van der Waals surface area contributed by atoms with Gasteiger partial charge in [-0.15, -0.1) is 0 Å². The molecule has 2 rings (SSSR count). The number of benzene rings is 2. The first-order chi connectivity index (χ1) is 12.9. The van der Waals surface area contributed by atoms with Crippen molar-refractivity contribution in [3.8, 4) is 11.5 Å². The molecule has 0 aliphatic rings. The van der Waals surface area contributed by atoms with Crippen LogP contribution in [-0.2, 0) is 11.3 Å².